The first kappa shape index (κ1) is 12.8. The fraction of sp³-hybridized carbons (Fsp3) is 0.214. The highest BCUT2D eigenvalue weighted by atomic mass is 16.4. The van der Waals surface area contributed by atoms with Crippen LogP contribution < -0.4 is 5.32 Å². The second-order valence-electron chi connectivity index (χ2n) is 4.10. The largest absolute Gasteiger partial charge is 0.481 e. The van der Waals surface area contributed by atoms with Gasteiger partial charge in [0, 0.05) is 24.5 Å². The number of aliphatic carboxylic acids is 1. The number of carboxylic acids is 1. The predicted octanol–water partition coefficient (Wildman–Crippen LogP) is 2.38. The number of aromatic nitrogens is 1. The van der Waals surface area contributed by atoms with Crippen LogP contribution >= 0.6 is 0 Å². The summed E-state index contributed by atoms with van der Waals surface area (Å²) in [7, 11) is 0. The molecule has 0 fully saturated rings. The second-order valence-corrected chi connectivity index (χ2v) is 4.10. The number of carboxylic acid groups (broad SMARTS) is 1. The van der Waals surface area contributed by atoms with E-state index in [4.69, 9.17) is 10.4 Å². The number of benzene rings is 1. The SMILES string of the molecule is N#Cc1cccc2ccnc(NCCCC(=O)O)c12. The van der Waals surface area contributed by atoms with Crippen LogP contribution in [0.5, 0.6) is 0 Å². The van der Waals surface area contributed by atoms with Gasteiger partial charge in [0.1, 0.15) is 5.82 Å². The molecule has 1 aromatic heterocycles. The molecule has 5 nitrogen and oxygen atoms in total. The topological polar surface area (TPSA) is 86.0 Å². The van der Waals surface area contributed by atoms with Gasteiger partial charge in [-0.2, -0.15) is 5.26 Å². The first-order valence-electron chi connectivity index (χ1n) is 5.96. The number of carbonyl (C=O) groups is 1. The van der Waals surface area contributed by atoms with E-state index in [1.807, 2.05) is 18.2 Å². The van der Waals surface area contributed by atoms with Crippen molar-refractivity contribution in [3.05, 3.63) is 36.0 Å². The highest BCUT2D eigenvalue weighted by Crippen LogP contribution is 2.24. The Morgan fingerprint density at radius 2 is 2.26 bits per heavy atom. The van der Waals surface area contributed by atoms with Gasteiger partial charge < -0.3 is 10.4 Å². The van der Waals surface area contributed by atoms with Crippen LogP contribution in [0.15, 0.2) is 30.5 Å². The van der Waals surface area contributed by atoms with Crippen LogP contribution in [0.2, 0.25) is 0 Å². The van der Waals surface area contributed by atoms with Crippen molar-refractivity contribution in [1.82, 2.24) is 4.98 Å². The Morgan fingerprint density at radius 1 is 1.42 bits per heavy atom. The summed E-state index contributed by atoms with van der Waals surface area (Å²) in [6, 6.07) is 9.48. The molecule has 2 aromatic rings. The summed E-state index contributed by atoms with van der Waals surface area (Å²) in [4.78, 5) is 14.7. The van der Waals surface area contributed by atoms with Gasteiger partial charge in [0.05, 0.1) is 11.6 Å². The van der Waals surface area contributed by atoms with Gasteiger partial charge in [0.2, 0.25) is 0 Å². The van der Waals surface area contributed by atoms with Crippen LogP contribution in [-0.2, 0) is 4.79 Å². The lowest BCUT2D eigenvalue weighted by molar-refractivity contribution is -0.137. The molecule has 0 unspecified atom stereocenters. The van der Waals surface area contributed by atoms with Gasteiger partial charge in [-0.1, -0.05) is 12.1 Å². The van der Waals surface area contributed by atoms with Crippen LogP contribution in [-0.4, -0.2) is 22.6 Å². The number of fused-ring (bicyclic) bond motifs is 1. The Hall–Kier alpha value is -2.61. The molecule has 2 rings (SSSR count). The van der Waals surface area contributed by atoms with Crippen LogP contribution in [0.3, 0.4) is 0 Å². The molecule has 19 heavy (non-hydrogen) atoms. The summed E-state index contributed by atoms with van der Waals surface area (Å²) in [5, 5.41) is 22.5. The Morgan fingerprint density at radius 3 is 3.00 bits per heavy atom. The van der Waals surface area contributed by atoms with Gasteiger partial charge >= 0.3 is 5.97 Å². The van der Waals surface area contributed by atoms with Crippen molar-refractivity contribution in [3.63, 3.8) is 0 Å². The van der Waals surface area contributed by atoms with Gasteiger partial charge in [-0.05, 0) is 23.9 Å². The van der Waals surface area contributed by atoms with E-state index in [2.05, 4.69) is 16.4 Å². The molecule has 0 amide bonds. The van der Waals surface area contributed by atoms with E-state index in [1.165, 1.54) is 0 Å². The Balaban J connectivity index is 2.23. The van der Waals surface area contributed by atoms with Gasteiger partial charge in [0.25, 0.3) is 0 Å². The molecule has 0 aliphatic heterocycles. The first-order chi connectivity index (χ1) is 9.22. The maximum Gasteiger partial charge on any atom is 0.303 e. The molecular formula is C14H13N3O2. The molecule has 0 radical (unpaired) electrons. The van der Waals surface area contributed by atoms with Crippen LogP contribution in [0, 0.1) is 11.3 Å². The van der Waals surface area contributed by atoms with Crippen molar-refractivity contribution < 1.29 is 9.90 Å². The maximum atomic E-state index is 10.4. The number of nitriles is 1. The maximum absolute atomic E-state index is 10.4. The van der Waals surface area contributed by atoms with E-state index in [-0.39, 0.29) is 6.42 Å². The molecule has 0 atom stereocenters. The monoisotopic (exact) mass is 255 g/mol. The number of rotatable bonds is 5. The third kappa shape index (κ3) is 2.99. The molecule has 0 aliphatic carbocycles. The Bertz CT molecular complexity index is 641. The molecule has 0 saturated heterocycles. The average molecular weight is 255 g/mol. The number of pyridine rings is 1. The average Bonchev–Trinajstić information content (AvgIpc) is 2.42. The van der Waals surface area contributed by atoms with Crippen molar-refractivity contribution in [2.75, 3.05) is 11.9 Å². The summed E-state index contributed by atoms with van der Waals surface area (Å²) < 4.78 is 0. The molecule has 5 heteroatoms. The lowest BCUT2D eigenvalue weighted by atomic mass is 10.1. The summed E-state index contributed by atoms with van der Waals surface area (Å²) in [6.45, 7) is 0.512. The quantitative estimate of drug-likeness (QED) is 0.801. The Kier molecular flexibility index (Phi) is 3.94. The summed E-state index contributed by atoms with van der Waals surface area (Å²) in [5.74, 6) is -0.189. The molecule has 0 saturated carbocycles. The van der Waals surface area contributed by atoms with E-state index in [1.54, 1.807) is 12.3 Å². The van der Waals surface area contributed by atoms with Crippen molar-refractivity contribution in [1.29, 1.82) is 5.26 Å². The predicted molar refractivity (Wildman–Crippen MR) is 71.8 cm³/mol. The lowest BCUT2D eigenvalue weighted by Gasteiger charge is -2.09. The third-order valence-corrected chi connectivity index (χ3v) is 2.77. The third-order valence-electron chi connectivity index (χ3n) is 2.77. The molecule has 0 spiro atoms. The number of hydrogen-bond donors (Lipinski definition) is 2. The Labute approximate surface area is 110 Å². The zero-order chi connectivity index (χ0) is 13.7. The fourth-order valence-corrected chi connectivity index (χ4v) is 1.90. The standard InChI is InChI=1S/C14H13N3O2/c15-9-11-4-1-3-10-6-8-17-14(13(10)11)16-7-2-5-12(18)19/h1,3-4,6,8H,2,5,7H2,(H,16,17)(H,18,19). The van der Waals surface area contributed by atoms with Gasteiger partial charge in [-0.25, -0.2) is 4.98 Å². The highest BCUT2D eigenvalue weighted by molar-refractivity contribution is 5.96. The minimum atomic E-state index is -0.814. The second kappa shape index (κ2) is 5.83. The summed E-state index contributed by atoms with van der Waals surface area (Å²) >= 11 is 0. The minimum absolute atomic E-state index is 0.114. The number of hydrogen-bond acceptors (Lipinski definition) is 4. The molecular weight excluding hydrogens is 242 g/mol. The van der Waals surface area contributed by atoms with Crippen LogP contribution in [0.1, 0.15) is 18.4 Å². The minimum Gasteiger partial charge on any atom is -0.481 e. The van der Waals surface area contributed by atoms with E-state index in [0.29, 0.717) is 24.3 Å². The number of nitrogens with one attached hydrogen (secondary N) is 1. The number of anilines is 1. The van der Waals surface area contributed by atoms with Gasteiger partial charge in [-0.3, -0.25) is 4.79 Å². The van der Waals surface area contributed by atoms with Crippen molar-refractivity contribution >= 4 is 22.6 Å². The van der Waals surface area contributed by atoms with Crippen LogP contribution in [0.4, 0.5) is 5.82 Å². The van der Waals surface area contributed by atoms with E-state index in [9.17, 15) is 4.79 Å². The zero-order valence-corrected chi connectivity index (χ0v) is 10.3. The molecule has 0 aliphatic rings. The normalized spacial score (nSPS) is 10.1. The molecule has 96 valence electrons. The molecule has 0 bridgehead atoms. The molecule has 1 aromatic carbocycles. The zero-order valence-electron chi connectivity index (χ0n) is 10.3. The van der Waals surface area contributed by atoms with Gasteiger partial charge in [0.15, 0.2) is 0 Å². The number of nitrogens with zero attached hydrogens (tertiary/aromatic N) is 2. The summed E-state index contributed by atoms with van der Waals surface area (Å²) in [6.07, 6.45) is 2.30. The van der Waals surface area contributed by atoms with Crippen LogP contribution in [0.25, 0.3) is 10.8 Å². The van der Waals surface area contributed by atoms with E-state index < -0.39 is 5.97 Å². The molecule has 2 N–H and O–H groups in total. The fourth-order valence-electron chi connectivity index (χ4n) is 1.90. The first-order valence-corrected chi connectivity index (χ1v) is 5.96. The van der Waals surface area contributed by atoms with E-state index >= 15 is 0 Å². The highest BCUT2D eigenvalue weighted by Gasteiger charge is 2.07. The molecule has 1 heterocycles. The summed E-state index contributed by atoms with van der Waals surface area (Å²) in [5.41, 5.74) is 0.561. The lowest BCUT2D eigenvalue weighted by Crippen LogP contribution is -2.06. The van der Waals surface area contributed by atoms with E-state index in [0.717, 1.165) is 10.8 Å². The van der Waals surface area contributed by atoms with Crippen molar-refractivity contribution in [2.24, 2.45) is 0 Å². The van der Waals surface area contributed by atoms with Gasteiger partial charge in [-0.15, -0.1) is 0 Å². The van der Waals surface area contributed by atoms with Crippen molar-refractivity contribution in [2.45, 2.75) is 12.8 Å². The van der Waals surface area contributed by atoms with Crippen molar-refractivity contribution in [3.8, 4) is 6.07 Å². The smallest absolute Gasteiger partial charge is 0.303 e.